The lowest BCUT2D eigenvalue weighted by atomic mass is 9.78. The van der Waals surface area contributed by atoms with Crippen molar-refractivity contribution in [2.75, 3.05) is 13.2 Å². The molecule has 1 aliphatic carbocycles. The molecule has 0 bridgehead atoms. The number of aryl methyl sites for hydroxylation is 1. The normalized spacial score (nSPS) is 20.9. The first-order valence-electron chi connectivity index (χ1n) is 8.52. The predicted molar refractivity (Wildman–Crippen MR) is 94.2 cm³/mol. The number of carboxylic acids is 1. The highest BCUT2D eigenvalue weighted by atomic mass is 79.9. The number of ether oxygens (including phenoxy) is 2. The summed E-state index contributed by atoms with van der Waals surface area (Å²) in [6.07, 6.45) is 1.29. The van der Waals surface area contributed by atoms with E-state index in [1.54, 1.807) is 13.0 Å². The molecule has 1 spiro atoms. The zero-order valence-corrected chi connectivity index (χ0v) is 16.0. The van der Waals surface area contributed by atoms with Crippen LogP contribution in [0.3, 0.4) is 0 Å². The molecular weight excluding hydrogens is 409 g/mol. The van der Waals surface area contributed by atoms with Gasteiger partial charge in [0.2, 0.25) is 5.91 Å². The minimum atomic E-state index is -1.33. The van der Waals surface area contributed by atoms with Gasteiger partial charge in [0.25, 0.3) is 0 Å². The van der Waals surface area contributed by atoms with Crippen molar-refractivity contribution in [1.29, 1.82) is 0 Å². The molecule has 0 radical (unpaired) electrons. The smallest absolute Gasteiger partial charge is 0.329 e. The molecule has 1 amide bonds. The Morgan fingerprint density at radius 1 is 1.23 bits per heavy atom. The van der Waals surface area contributed by atoms with Crippen molar-refractivity contribution in [3.05, 3.63) is 33.5 Å². The number of carboxylic acid groups (broad SMARTS) is 1. The summed E-state index contributed by atoms with van der Waals surface area (Å²) < 4.78 is 25.1. The number of hydrogen-bond donors (Lipinski definition) is 2. The first-order chi connectivity index (χ1) is 12.3. The molecule has 3 rings (SSSR count). The molecule has 0 unspecified atom stereocenters. The van der Waals surface area contributed by atoms with Gasteiger partial charge in [-0.05, 0) is 59.0 Å². The third-order valence-electron chi connectivity index (χ3n) is 5.20. The first-order valence-corrected chi connectivity index (χ1v) is 9.31. The van der Waals surface area contributed by atoms with Crippen molar-refractivity contribution in [1.82, 2.24) is 5.32 Å². The van der Waals surface area contributed by atoms with Gasteiger partial charge >= 0.3 is 5.97 Å². The summed E-state index contributed by atoms with van der Waals surface area (Å²) in [5.41, 5.74) is -0.0466. The molecule has 6 nitrogen and oxygen atoms in total. The summed E-state index contributed by atoms with van der Waals surface area (Å²) >= 11 is 3.11. The van der Waals surface area contributed by atoms with E-state index < -0.39 is 29.0 Å². The summed E-state index contributed by atoms with van der Waals surface area (Å²) in [7, 11) is 0. The minimum absolute atomic E-state index is 0.0160. The van der Waals surface area contributed by atoms with Gasteiger partial charge in [-0.25, -0.2) is 9.18 Å². The van der Waals surface area contributed by atoms with Crippen LogP contribution in [0.2, 0.25) is 0 Å². The van der Waals surface area contributed by atoms with Gasteiger partial charge in [0.1, 0.15) is 11.4 Å². The minimum Gasteiger partial charge on any atom is -0.480 e. The molecule has 2 N–H and O–H groups in total. The monoisotopic (exact) mass is 429 g/mol. The Hall–Kier alpha value is -1.51. The summed E-state index contributed by atoms with van der Waals surface area (Å²) in [4.78, 5) is 24.4. The van der Waals surface area contributed by atoms with Crippen LogP contribution >= 0.6 is 15.9 Å². The van der Waals surface area contributed by atoms with Gasteiger partial charge in [-0.3, -0.25) is 4.79 Å². The zero-order valence-electron chi connectivity index (χ0n) is 14.4. The van der Waals surface area contributed by atoms with E-state index in [-0.39, 0.29) is 23.7 Å². The van der Waals surface area contributed by atoms with Crippen LogP contribution in [-0.2, 0) is 25.5 Å². The van der Waals surface area contributed by atoms with E-state index in [4.69, 9.17) is 9.47 Å². The van der Waals surface area contributed by atoms with E-state index in [9.17, 15) is 19.1 Å². The Labute approximate surface area is 159 Å². The van der Waals surface area contributed by atoms with Crippen LogP contribution in [0.4, 0.5) is 4.39 Å². The van der Waals surface area contributed by atoms with Crippen LogP contribution in [0.25, 0.3) is 0 Å². The van der Waals surface area contributed by atoms with Gasteiger partial charge in [0, 0.05) is 12.8 Å². The maximum absolute atomic E-state index is 13.5. The fraction of sp³-hybridized carbons (Fsp3) is 0.556. The molecule has 1 heterocycles. The van der Waals surface area contributed by atoms with Crippen LogP contribution < -0.4 is 5.32 Å². The van der Waals surface area contributed by atoms with E-state index in [1.807, 2.05) is 0 Å². The number of hydrogen-bond acceptors (Lipinski definition) is 4. The molecule has 1 aromatic rings. The van der Waals surface area contributed by atoms with E-state index in [2.05, 4.69) is 21.2 Å². The van der Waals surface area contributed by atoms with Crippen molar-refractivity contribution in [2.45, 2.75) is 50.4 Å². The summed E-state index contributed by atoms with van der Waals surface area (Å²) in [6, 6.07) is 2.90. The lowest BCUT2D eigenvalue weighted by Gasteiger charge is -2.41. The van der Waals surface area contributed by atoms with Crippen molar-refractivity contribution < 1.29 is 28.6 Å². The Morgan fingerprint density at radius 3 is 2.42 bits per heavy atom. The van der Waals surface area contributed by atoms with Crippen LogP contribution in [0, 0.1) is 12.7 Å². The van der Waals surface area contributed by atoms with E-state index in [0.717, 1.165) is 0 Å². The quantitative estimate of drug-likeness (QED) is 0.768. The van der Waals surface area contributed by atoms with Crippen LogP contribution in [0.5, 0.6) is 0 Å². The second-order valence-electron chi connectivity index (χ2n) is 6.91. The standard InChI is InChI=1S/C18H21BrFNO5/c1-11-8-14(20)13(19)9-12(11)10-15(22)21-17(16(23)24)2-4-18(5-3-17)25-6-7-26-18/h8-9H,2-7,10H2,1H3,(H,21,22)(H,23,24). The molecular formula is C18H21BrFNO5. The third-order valence-corrected chi connectivity index (χ3v) is 5.80. The van der Waals surface area contributed by atoms with Crippen LogP contribution in [-0.4, -0.2) is 41.5 Å². The fourth-order valence-electron chi connectivity index (χ4n) is 3.60. The van der Waals surface area contributed by atoms with Crippen molar-refractivity contribution in [3.63, 3.8) is 0 Å². The molecule has 1 aromatic carbocycles. The number of halogens is 2. The molecule has 0 aromatic heterocycles. The van der Waals surface area contributed by atoms with Crippen LogP contribution in [0.15, 0.2) is 16.6 Å². The maximum atomic E-state index is 13.5. The number of amides is 1. The Bertz CT molecular complexity index is 723. The predicted octanol–water partition coefficient (Wildman–Crippen LogP) is 2.70. The van der Waals surface area contributed by atoms with Crippen molar-refractivity contribution in [3.8, 4) is 0 Å². The number of aliphatic carboxylic acids is 1. The van der Waals surface area contributed by atoms with E-state index >= 15 is 0 Å². The highest BCUT2D eigenvalue weighted by Crippen LogP contribution is 2.40. The second-order valence-corrected chi connectivity index (χ2v) is 7.77. The van der Waals surface area contributed by atoms with E-state index in [0.29, 0.717) is 37.2 Å². The molecule has 1 aliphatic heterocycles. The Balaban J connectivity index is 1.70. The van der Waals surface area contributed by atoms with Crippen molar-refractivity contribution in [2.24, 2.45) is 0 Å². The topological polar surface area (TPSA) is 84.9 Å². The van der Waals surface area contributed by atoms with Gasteiger partial charge in [-0.15, -0.1) is 0 Å². The van der Waals surface area contributed by atoms with Gasteiger partial charge in [0.05, 0.1) is 24.1 Å². The zero-order chi connectivity index (χ0) is 18.9. The molecule has 1 saturated heterocycles. The first kappa shape index (κ1) is 19.3. The van der Waals surface area contributed by atoms with Crippen molar-refractivity contribution >= 4 is 27.8 Å². The SMILES string of the molecule is Cc1cc(F)c(Br)cc1CC(=O)NC1(C(=O)O)CCC2(CC1)OCCO2. The molecule has 8 heteroatoms. The average molecular weight is 430 g/mol. The summed E-state index contributed by atoms with van der Waals surface area (Å²) in [5, 5.41) is 12.4. The molecule has 1 saturated carbocycles. The number of carbonyl (C=O) groups is 2. The van der Waals surface area contributed by atoms with Gasteiger partial charge in [0.15, 0.2) is 5.79 Å². The molecule has 142 valence electrons. The van der Waals surface area contributed by atoms with Gasteiger partial charge < -0.3 is 19.9 Å². The molecule has 2 aliphatic rings. The number of carbonyl (C=O) groups excluding carboxylic acids is 1. The highest BCUT2D eigenvalue weighted by molar-refractivity contribution is 9.10. The largest absolute Gasteiger partial charge is 0.480 e. The Morgan fingerprint density at radius 2 is 1.85 bits per heavy atom. The third kappa shape index (κ3) is 3.77. The number of nitrogens with one attached hydrogen (secondary N) is 1. The van der Waals surface area contributed by atoms with E-state index in [1.165, 1.54) is 6.07 Å². The fourth-order valence-corrected chi connectivity index (χ4v) is 3.99. The summed E-state index contributed by atoms with van der Waals surface area (Å²) in [5.74, 6) is -2.57. The summed E-state index contributed by atoms with van der Waals surface area (Å²) in [6.45, 7) is 2.72. The second kappa shape index (κ2) is 7.25. The van der Waals surface area contributed by atoms with Gasteiger partial charge in [-0.2, -0.15) is 0 Å². The van der Waals surface area contributed by atoms with Crippen LogP contribution in [0.1, 0.15) is 36.8 Å². The molecule has 0 atom stereocenters. The number of rotatable bonds is 4. The lowest BCUT2D eigenvalue weighted by Crippen LogP contribution is -2.59. The Kier molecular flexibility index (Phi) is 5.37. The lowest BCUT2D eigenvalue weighted by molar-refractivity contribution is -0.191. The highest BCUT2D eigenvalue weighted by Gasteiger charge is 2.50. The maximum Gasteiger partial charge on any atom is 0.329 e. The molecule has 26 heavy (non-hydrogen) atoms. The number of benzene rings is 1. The van der Waals surface area contributed by atoms with Gasteiger partial charge in [-0.1, -0.05) is 0 Å². The molecule has 2 fully saturated rings. The average Bonchev–Trinajstić information content (AvgIpc) is 3.03.